The quantitative estimate of drug-likeness (QED) is 0.535. The van der Waals surface area contributed by atoms with Gasteiger partial charge in [0.1, 0.15) is 12.6 Å². The number of amides is 2. The molecule has 0 spiro atoms. The van der Waals surface area contributed by atoms with Gasteiger partial charge in [0, 0.05) is 0 Å². The van der Waals surface area contributed by atoms with Crippen molar-refractivity contribution < 1.29 is 29.0 Å². The van der Waals surface area contributed by atoms with E-state index in [2.05, 4.69) is 15.4 Å². The Balaban J connectivity index is 2.62. The number of rotatable bonds is 10. The second kappa shape index (κ2) is 11.9. The molecule has 0 aromatic heterocycles. The van der Waals surface area contributed by atoms with Gasteiger partial charge in [0.25, 0.3) is 0 Å². The molecule has 3 N–H and O–H groups in total. The van der Waals surface area contributed by atoms with Crippen LogP contribution in [-0.2, 0) is 25.7 Å². The molecule has 0 aliphatic heterocycles. The van der Waals surface area contributed by atoms with Crippen molar-refractivity contribution in [2.75, 3.05) is 13.7 Å². The molecule has 8 heteroatoms. The van der Waals surface area contributed by atoms with E-state index in [0.29, 0.717) is 12.8 Å². The van der Waals surface area contributed by atoms with Crippen LogP contribution in [0.25, 0.3) is 0 Å². The largest absolute Gasteiger partial charge is 0.467 e. The van der Waals surface area contributed by atoms with Crippen molar-refractivity contribution in [3.63, 3.8) is 0 Å². The number of aliphatic hydroxyl groups excluding tert-OH is 1. The van der Waals surface area contributed by atoms with E-state index in [0.717, 1.165) is 19.1 Å². The molecule has 0 aliphatic carbocycles. The van der Waals surface area contributed by atoms with Gasteiger partial charge in [-0.3, -0.25) is 4.79 Å². The molecule has 26 heavy (non-hydrogen) atoms. The van der Waals surface area contributed by atoms with Crippen LogP contribution in [-0.4, -0.2) is 48.9 Å². The minimum atomic E-state index is -1.18. The van der Waals surface area contributed by atoms with Gasteiger partial charge in [0.05, 0.1) is 13.7 Å². The fourth-order valence-electron chi connectivity index (χ4n) is 2.18. The van der Waals surface area contributed by atoms with Gasteiger partial charge in [-0.25, -0.2) is 9.59 Å². The molecule has 1 aromatic carbocycles. The average molecular weight is 366 g/mol. The number of ether oxygens (including phenoxy) is 2. The van der Waals surface area contributed by atoms with Gasteiger partial charge in [-0.2, -0.15) is 0 Å². The van der Waals surface area contributed by atoms with E-state index >= 15 is 0 Å². The zero-order valence-electron chi connectivity index (χ0n) is 15.1. The van der Waals surface area contributed by atoms with E-state index in [4.69, 9.17) is 4.74 Å². The van der Waals surface area contributed by atoms with Gasteiger partial charge >= 0.3 is 12.1 Å². The van der Waals surface area contributed by atoms with Crippen LogP contribution >= 0.6 is 0 Å². The fraction of sp³-hybridized carbons (Fsp3) is 0.500. The second-order valence-electron chi connectivity index (χ2n) is 5.67. The smallest absolute Gasteiger partial charge is 0.408 e. The summed E-state index contributed by atoms with van der Waals surface area (Å²) < 4.78 is 9.63. The number of carbonyl (C=O) groups is 3. The Morgan fingerprint density at radius 2 is 1.81 bits per heavy atom. The Bertz CT molecular complexity index is 578. The van der Waals surface area contributed by atoms with Crippen LogP contribution in [0.15, 0.2) is 30.3 Å². The number of nitrogens with one attached hydrogen (secondary N) is 2. The van der Waals surface area contributed by atoms with Crippen molar-refractivity contribution in [1.29, 1.82) is 0 Å². The molecule has 144 valence electrons. The highest BCUT2D eigenvalue weighted by molar-refractivity contribution is 5.89. The normalized spacial score (nSPS) is 12.6. The highest BCUT2D eigenvalue weighted by atomic mass is 16.5. The number of methoxy groups -OCH3 is 1. The topological polar surface area (TPSA) is 114 Å². The predicted molar refractivity (Wildman–Crippen MR) is 94.1 cm³/mol. The molecule has 0 unspecified atom stereocenters. The lowest BCUT2D eigenvalue weighted by Crippen LogP contribution is -2.53. The maximum atomic E-state index is 12.3. The third-order valence-corrected chi connectivity index (χ3v) is 3.65. The maximum Gasteiger partial charge on any atom is 0.408 e. The van der Waals surface area contributed by atoms with Crippen LogP contribution in [0.3, 0.4) is 0 Å². The van der Waals surface area contributed by atoms with Crippen LogP contribution < -0.4 is 10.6 Å². The Morgan fingerprint density at radius 1 is 1.12 bits per heavy atom. The molecule has 0 saturated carbocycles. The zero-order chi connectivity index (χ0) is 19.4. The molecule has 0 bridgehead atoms. The van der Waals surface area contributed by atoms with E-state index in [1.807, 2.05) is 37.3 Å². The summed E-state index contributed by atoms with van der Waals surface area (Å²) in [6.07, 6.45) is 1.16. The molecular weight excluding hydrogens is 340 g/mol. The van der Waals surface area contributed by atoms with E-state index in [1.165, 1.54) is 0 Å². The number of hydrogen-bond acceptors (Lipinski definition) is 6. The first-order valence-electron chi connectivity index (χ1n) is 8.48. The van der Waals surface area contributed by atoms with Crippen LogP contribution in [0.4, 0.5) is 4.79 Å². The zero-order valence-corrected chi connectivity index (χ0v) is 15.1. The summed E-state index contributed by atoms with van der Waals surface area (Å²) in [4.78, 5) is 35.8. The lowest BCUT2D eigenvalue weighted by molar-refractivity contribution is -0.146. The van der Waals surface area contributed by atoms with Gasteiger partial charge < -0.3 is 25.2 Å². The van der Waals surface area contributed by atoms with Crippen molar-refractivity contribution in [3.8, 4) is 0 Å². The summed E-state index contributed by atoms with van der Waals surface area (Å²) in [5.74, 6) is -1.35. The van der Waals surface area contributed by atoms with Crippen molar-refractivity contribution in [2.45, 2.75) is 44.9 Å². The Hall–Kier alpha value is -2.61. The van der Waals surface area contributed by atoms with Crippen LogP contribution in [0.2, 0.25) is 0 Å². The minimum Gasteiger partial charge on any atom is -0.467 e. The van der Waals surface area contributed by atoms with Gasteiger partial charge in [0.15, 0.2) is 6.04 Å². The van der Waals surface area contributed by atoms with Crippen molar-refractivity contribution in [2.24, 2.45) is 0 Å². The molecule has 1 rings (SSSR count). The Kier molecular flexibility index (Phi) is 9.78. The number of carbonyl (C=O) groups excluding carboxylic acids is 3. The molecule has 0 aliphatic rings. The average Bonchev–Trinajstić information content (AvgIpc) is 2.67. The lowest BCUT2D eigenvalue weighted by Gasteiger charge is -2.21. The molecule has 1 aromatic rings. The monoisotopic (exact) mass is 366 g/mol. The van der Waals surface area contributed by atoms with E-state index in [1.54, 1.807) is 0 Å². The molecule has 0 heterocycles. The van der Waals surface area contributed by atoms with E-state index in [9.17, 15) is 19.5 Å². The van der Waals surface area contributed by atoms with Crippen LogP contribution in [0.1, 0.15) is 31.7 Å². The van der Waals surface area contributed by atoms with Gasteiger partial charge in [-0.05, 0) is 12.0 Å². The number of aliphatic hydroxyl groups is 1. The summed E-state index contributed by atoms with van der Waals surface area (Å²) in [6.45, 7) is 1.43. The standard InChI is InChI=1S/C18H26N2O6/c1-3-4-10-14(16(22)19-15(11-21)17(23)25-2)20-18(24)26-12-13-8-6-5-7-9-13/h5-9,14-15,21H,3-4,10-12H2,1-2H3,(H,19,22)(H,20,24)/t14-,15-/m0/s1. The van der Waals surface area contributed by atoms with Gasteiger partial charge in [-0.1, -0.05) is 50.1 Å². The summed E-state index contributed by atoms with van der Waals surface area (Å²) in [5, 5.41) is 14.1. The first-order chi connectivity index (χ1) is 12.5. The number of unbranched alkanes of at least 4 members (excludes halogenated alkanes) is 1. The van der Waals surface area contributed by atoms with Gasteiger partial charge in [0.2, 0.25) is 5.91 Å². The first-order valence-corrected chi connectivity index (χ1v) is 8.48. The Labute approximate surface area is 152 Å². The molecular formula is C18H26N2O6. The number of alkyl carbamates (subject to hydrolysis) is 1. The first kappa shape index (κ1) is 21.4. The predicted octanol–water partition coefficient (Wildman–Crippen LogP) is 1.12. The second-order valence-corrected chi connectivity index (χ2v) is 5.67. The maximum absolute atomic E-state index is 12.3. The number of hydrogen-bond donors (Lipinski definition) is 3. The van der Waals surface area contributed by atoms with Crippen LogP contribution in [0.5, 0.6) is 0 Å². The third kappa shape index (κ3) is 7.52. The van der Waals surface area contributed by atoms with Crippen molar-refractivity contribution >= 4 is 18.0 Å². The highest BCUT2D eigenvalue weighted by Crippen LogP contribution is 2.04. The fourth-order valence-corrected chi connectivity index (χ4v) is 2.18. The van der Waals surface area contributed by atoms with E-state index in [-0.39, 0.29) is 6.61 Å². The van der Waals surface area contributed by atoms with Crippen molar-refractivity contribution in [3.05, 3.63) is 35.9 Å². The summed E-state index contributed by atoms with van der Waals surface area (Å²) in [6, 6.07) is 7.09. The third-order valence-electron chi connectivity index (χ3n) is 3.65. The lowest BCUT2D eigenvalue weighted by atomic mass is 10.1. The Morgan fingerprint density at radius 3 is 2.38 bits per heavy atom. The van der Waals surface area contributed by atoms with Crippen molar-refractivity contribution in [1.82, 2.24) is 10.6 Å². The molecule has 0 fully saturated rings. The molecule has 2 amide bonds. The summed E-state index contributed by atoms with van der Waals surface area (Å²) in [5.41, 5.74) is 0.822. The molecule has 0 radical (unpaired) electrons. The molecule has 8 nitrogen and oxygen atoms in total. The number of benzene rings is 1. The minimum absolute atomic E-state index is 0.0796. The molecule has 0 saturated heterocycles. The SMILES string of the molecule is CCCC[C@H](NC(=O)OCc1ccccc1)C(=O)N[C@@H](CO)C(=O)OC. The molecule has 2 atom stereocenters. The summed E-state index contributed by atoms with van der Waals surface area (Å²) >= 11 is 0. The van der Waals surface area contributed by atoms with E-state index < -0.39 is 36.7 Å². The van der Waals surface area contributed by atoms with Crippen LogP contribution in [0, 0.1) is 0 Å². The summed E-state index contributed by atoms with van der Waals surface area (Å²) in [7, 11) is 1.16. The van der Waals surface area contributed by atoms with Gasteiger partial charge in [-0.15, -0.1) is 0 Å². The highest BCUT2D eigenvalue weighted by Gasteiger charge is 2.26. The number of esters is 1.